The van der Waals surface area contributed by atoms with Crippen molar-refractivity contribution in [3.63, 3.8) is 0 Å². The van der Waals surface area contributed by atoms with E-state index in [0.717, 1.165) is 0 Å². The monoisotopic (exact) mass is 404 g/mol. The van der Waals surface area contributed by atoms with Crippen LogP contribution in [0.5, 0.6) is 0 Å². The molecule has 2 heterocycles. The first-order valence-corrected chi connectivity index (χ1v) is 11.9. The van der Waals surface area contributed by atoms with E-state index in [4.69, 9.17) is 0 Å². The Balaban J connectivity index is 1.78. The summed E-state index contributed by atoms with van der Waals surface area (Å²) in [6, 6.07) is 14.4. The Kier molecular flexibility index (Phi) is 5.64. The first-order chi connectivity index (χ1) is 14.1. The molecule has 2 fully saturated rings. The molecule has 162 valence electrons. The van der Waals surface area contributed by atoms with Crippen LogP contribution in [0, 0.1) is 0 Å². The second-order valence-electron chi connectivity index (χ2n) is 11.4. The predicted molar refractivity (Wildman–Crippen MR) is 132 cm³/mol. The molecule has 2 aromatic carbocycles. The van der Waals surface area contributed by atoms with Crippen LogP contribution >= 0.6 is 0 Å². The zero-order valence-electron chi connectivity index (χ0n) is 20.0. The molecule has 0 bridgehead atoms. The fraction of sp³-hybridized carbons (Fsp3) is 0.571. The van der Waals surface area contributed by atoms with E-state index in [-0.39, 0.29) is 10.8 Å². The molecule has 30 heavy (non-hydrogen) atoms. The van der Waals surface area contributed by atoms with Crippen LogP contribution in [0.2, 0.25) is 0 Å². The molecule has 4 rings (SSSR count). The Labute approximate surface area is 184 Å². The van der Waals surface area contributed by atoms with Crippen LogP contribution in [0.3, 0.4) is 0 Å². The van der Waals surface area contributed by atoms with Crippen molar-refractivity contribution in [2.45, 2.75) is 78.1 Å². The van der Waals surface area contributed by atoms with Gasteiger partial charge in [-0.15, -0.1) is 0 Å². The van der Waals surface area contributed by atoms with Gasteiger partial charge in [0.2, 0.25) is 0 Å². The lowest BCUT2D eigenvalue weighted by Gasteiger charge is -2.31. The van der Waals surface area contributed by atoms with Crippen LogP contribution in [0.15, 0.2) is 36.4 Å². The van der Waals surface area contributed by atoms with E-state index in [1.807, 2.05) is 0 Å². The Morgan fingerprint density at radius 3 is 1.17 bits per heavy atom. The molecule has 0 aliphatic carbocycles. The van der Waals surface area contributed by atoms with E-state index in [1.165, 1.54) is 85.5 Å². The molecule has 0 amide bonds. The molecule has 0 saturated carbocycles. The molecule has 0 unspecified atom stereocenters. The highest BCUT2D eigenvalue weighted by Gasteiger charge is 2.26. The molecule has 2 aliphatic heterocycles. The SMILES string of the molecule is CC(C)(C)c1cc(-c2ccc(N3CCCC3)c(C(C)(C)C)c2)ccc1N1CCCC1. The van der Waals surface area contributed by atoms with E-state index in [9.17, 15) is 0 Å². The molecule has 0 radical (unpaired) electrons. The molecule has 2 heteroatoms. The van der Waals surface area contributed by atoms with Gasteiger partial charge in [0.25, 0.3) is 0 Å². The lowest BCUT2D eigenvalue weighted by atomic mass is 9.81. The van der Waals surface area contributed by atoms with Crippen molar-refractivity contribution < 1.29 is 0 Å². The fourth-order valence-corrected chi connectivity index (χ4v) is 5.10. The van der Waals surface area contributed by atoms with Crippen molar-refractivity contribution >= 4 is 11.4 Å². The topological polar surface area (TPSA) is 6.48 Å². The van der Waals surface area contributed by atoms with Crippen molar-refractivity contribution in [3.8, 4) is 11.1 Å². The summed E-state index contributed by atoms with van der Waals surface area (Å²) < 4.78 is 0. The van der Waals surface area contributed by atoms with Gasteiger partial charge in [0, 0.05) is 37.6 Å². The molecule has 0 atom stereocenters. The molecule has 2 saturated heterocycles. The normalized spacial score (nSPS) is 17.8. The quantitative estimate of drug-likeness (QED) is 0.536. The molecular formula is C28H40N2. The van der Waals surface area contributed by atoms with E-state index < -0.39 is 0 Å². The maximum Gasteiger partial charge on any atom is 0.0404 e. The second-order valence-corrected chi connectivity index (χ2v) is 11.4. The van der Waals surface area contributed by atoms with Gasteiger partial charge in [0.15, 0.2) is 0 Å². The smallest absolute Gasteiger partial charge is 0.0404 e. The maximum absolute atomic E-state index is 2.58. The first-order valence-electron chi connectivity index (χ1n) is 11.9. The Morgan fingerprint density at radius 1 is 0.533 bits per heavy atom. The Morgan fingerprint density at radius 2 is 0.867 bits per heavy atom. The minimum atomic E-state index is 0.135. The van der Waals surface area contributed by atoms with Crippen LogP contribution in [-0.4, -0.2) is 26.2 Å². The molecular weight excluding hydrogens is 364 g/mol. The fourth-order valence-electron chi connectivity index (χ4n) is 5.10. The molecule has 2 nitrogen and oxygen atoms in total. The minimum absolute atomic E-state index is 0.135. The van der Waals surface area contributed by atoms with Gasteiger partial charge in [-0.2, -0.15) is 0 Å². The summed E-state index contributed by atoms with van der Waals surface area (Å²) in [5.74, 6) is 0. The maximum atomic E-state index is 2.58. The van der Waals surface area contributed by atoms with Gasteiger partial charge < -0.3 is 9.80 Å². The lowest BCUT2D eigenvalue weighted by Crippen LogP contribution is -2.24. The number of hydrogen-bond donors (Lipinski definition) is 0. The van der Waals surface area contributed by atoms with Gasteiger partial charge in [0.1, 0.15) is 0 Å². The summed E-state index contributed by atoms with van der Waals surface area (Å²) in [5, 5.41) is 0. The molecule has 0 aromatic heterocycles. The van der Waals surface area contributed by atoms with Gasteiger partial charge in [0.05, 0.1) is 0 Å². The minimum Gasteiger partial charge on any atom is -0.371 e. The van der Waals surface area contributed by atoms with E-state index in [0.29, 0.717) is 0 Å². The van der Waals surface area contributed by atoms with Gasteiger partial charge in [-0.25, -0.2) is 0 Å². The van der Waals surface area contributed by atoms with Crippen LogP contribution in [-0.2, 0) is 10.8 Å². The third-order valence-corrected chi connectivity index (χ3v) is 6.84. The summed E-state index contributed by atoms with van der Waals surface area (Å²) in [4.78, 5) is 5.17. The number of nitrogens with zero attached hydrogens (tertiary/aromatic N) is 2. The Hall–Kier alpha value is -1.96. The molecule has 2 aliphatic rings. The summed E-state index contributed by atoms with van der Waals surface area (Å²) >= 11 is 0. The number of hydrogen-bond acceptors (Lipinski definition) is 2. The molecule has 0 N–H and O–H groups in total. The lowest BCUT2D eigenvalue weighted by molar-refractivity contribution is 0.587. The van der Waals surface area contributed by atoms with Crippen molar-refractivity contribution in [2.24, 2.45) is 0 Å². The van der Waals surface area contributed by atoms with E-state index in [2.05, 4.69) is 87.7 Å². The average Bonchev–Trinajstić information content (AvgIpc) is 3.40. The summed E-state index contributed by atoms with van der Waals surface area (Å²) in [6.45, 7) is 18.9. The van der Waals surface area contributed by atoms with Gasteiger partial charge in [-0.1, -0.05) is 53.7 Å². The number of rotatable bonds is 3. The standard InChI is InChI=1S/C28H40N2/c1-27(2,3)23-19-21(11-13-25(23)29-15-7-8-16-29)22-12-14-26(30-17-9-10-18-30)24(20-22)28(4,5)6/h11-14,19-20H,7-10,15-18H2,1-6H3. The van der Waals surface area contributed by atoms with Crippen LogP contribution in [0.25, 0.3) is 11.1 Å². The van der Waals surface area contributed by atoms with Crippen molar-refractivity contribution in [3.05, 3.63) is 47.5 Å². The highest BCUT2D eigenvalue weighted by molar-refractivity contribution is 5.74. The van der Waals surface area contributed by atoms with Gasteiger partial charge >= 0.3 is 0 Å². The van der Waals surface area contributed by atoms with Crippen molar-refractivity contribution in [2.75, 3.05) is 36.0 Å². The van der Waals surface area contributed by atoms with Crippen LogP contribution in [0.4, 0.5) is 11.4 Å². The average molecular weight is 405 g/mol. The van der Waals surface area contributed by atoms with Gasteiger partial charge in [-0.05, 0) is 83.0 Å². The predicted octanol–water partition coefficient (Wildman–Crippen LogP) is 7.15. The summed E-state index contributed by atoms with van der Waals surface area (Å²) in [5.41, 5.74) is 8.79. The zero-order valence-corrected chi connectivity index (χ0v) is 20.0. The molecule has 0 spiro atoms. The zero-order chi connectivity index (χ0) is 21.5. The highest BCUT2D eigenvalue weighted by atomic mass is 15.1. The summed E-state index contributed by atoms with van der Waals surface area (Å²) in [6.07, 6.45) is 5.27. The van der Waals surface area contributed by atoms with Crippen molar-refractivity contribution in [1.29, 1.82) is 0 Å². The first kappa shape index (κ1) is 21.3. The largest absolute Gasteiger partial charge is 0.371 e. The Bertz CT molecular complexity index is 810. The van der Waals surface area contributed by atoms with Crippen LogP contribution < -0.4 is 9.80 Å². The molecule has 2 aromatic rings. The third-order valence-electron chi connectivity index (χ3n) is 6.84. The van der Waals surface area contributed by atoms with E-state index >= 15 is 0 Å². The second kappa shape index (κ2) is 7.94. The highest BCUT2D eigenvalue weighted by Crippen LogP contribution is 2.40. The number of benzene rings is 2. The van der Waals surface area contributed by atoms with Crippen LogP contribution in [0.1, 0.15) is 78.4 Å². The summed E-state index contributed by atoms with van der Waals surface area (Å²) in [7, 11) is 0. The van der Waals surface area contributed by atoms with Crippen molar-refractivity contribution in [1.82, 2.24) is 0 Å². The van der Waals surface area contributed by atoms with E-state index in [1.54, 1.807) is 0 Å². The number of anilines is 2. The van der Waals surface area contributed by atoms with Gasteiger partial charge in [-0.3, -0.25) is 0 Å². The third kappa shape index (κ3) is 4.24.